The molecule has 312 valence electrons. The fourth-order valence-electron chi connectivity index (χ4n) is 6.41. The number of rotatable bonds is 43. The van der Waals surface area contributed by atoms with Crippen molar-refractivity contribution in [2.75, 3.05) is 33.0 Å². The van der Waals surface area contributed by atoms with Gasteiger partial charge in [-0.2, -0.15) is 0 Å². The van der Waals surface area contributed by atoms with Gasteiger partial charge in [0.1, 0.15) is 6.10 Å². The van der Waals surface area contributed by atoms with Gasteiger partial charge in [-0.1, -0.05) is 212 Å². The number of phosphoric ester groups is 1. The maximum Gasteiger partial charge on any atom is 1.00 e. The second kappa shape index (κ2) is 44.1. The Hall–Kier alpha value is 1.01. The van der Waals surface area contributed by atoms with Crippen LogP contribution in [0.3, 0.4) is 0 Å². The Kier molecular flexibility index (Phi) is 46.7. The SMILES string of the molecule is CCCCCCCCCCCCCCCCCCOC[C@H](COP(=O)([O-])OC[C@@H](O)CO)SC(=O)CCCCCCCCCCCCCCCCC.[Na+]. The minimum absolute atomic E-state index is 0. The van der Waals surface area contributed by atoms with Crippen molar-refractivity contribution >= 4 is 24.7 Å². The monoisotopic (exact) mass is 803 g/mol. The number of aliphatic hydroxyl groups excluding tert-OH is 2. The Morgan fingerprint density at radius 3 is 1.28 bits per heavy atom. The Labute approximate surface area is 354 Å². The van der Waals surface area contributed by atoms with Crippen LogP contribution < -0.4 is 34.5 Å². The van der Waals surface area contributed by atoms with E-state index in [0.717, 1.165) is 43.9 Å². The van der Waals surface area contributed by atoms with E-state index in [2.05, 4.69) is 18.4 Å². The molecule has 53 heavy (non-hydrogen) atoms. The standard InChI is InChI=1S/C42H85O8PS.Na/c1-3-5-7-9-11-13-15-17-19-21-23-25-27-29-31-33-35-48-38-41(39-50-51(46,47)49-37-40(44)36-43)52-42(45)34-32-30-28-26-24-22-20-18-16-14-12-10-8-6-4-2;/h40-41,43-44H,3-39H2,1-2H3,(H,46,47);/q;+1/p-1/t40-,41+;/m0./s1. The van der Waals surface area contributed by atoms with E-state index >= 15 is 0 Å². The smallest absolute Gasteiger partial charge is 0.756 e. The minimum atomic E-state index is -4.69. The molecule has 2 N–H and O–H groups in total. The van der Waals surface area contributed by atoms with E-state index in [1.54, 1.807) is 0 Å². The Bertz CT molecular complexity index is 796. The summed E-state index contributed by atoms with van der Waals surface area (Å²) in [5, 5.41) is 17.9. The van der Waals surface area contributed by atoms with Crippen LogP contribution in [0.2, 0.25) is 0 Å². The first-order valence-electron chi connectivity index (χ1n) is 22.0. The molecular formula is C42H84NaO8PS. The molecule has 11 heteroatoms. The van der Waals surface area contributed by atoms with E-state index in [4.69, 9.17) is 14.4 Å². The van der Waals surface area contributed by atoms with E-state index in [0.29, 0.717) is 13.0 Å². The molecule has 0 spiro atoms. The van der Waals surface area contributed by atoms with Crippen molar-refractivity contribution in [3.05, 3.63) is 0 Å². The average molecular weight is 803 g/mol. The predicted molar refractivity (Wildman–Crippen MR) is 219 cm³/mol. The fourth-order valence-corrected chi connectivity index (χ4v) is 8.24. The molecule has 0 bridgehead atoms. The molecule has 0 aliphatic heterocycles. The third-order valence-electron chi connectivity index (χ3n) is 9.78. The summed E-state index contributed by atoms with van der Waals surface area (Å²) in [6, 6.07) is 0. The second-order valence-electron chi connectivity index (χ2n) is 15.1. The molecule has 0 radical (unpaired) electrons. The Morgan fingerprint density at radius 2 is 0.906 bits per heavy atom. The van der Waals surface area contributed by atoms with Gasteiger partial charge in [0.2, 0.25) is 0 Å². The molecule has 0 fully saturated rings. The van der Waals surface area contributed by atoms with Crippen molar-refractivity contribution < 1.29 is 67.8 Å². The van der Waals surface area contributed by atoms with Gasteiger partial charge in [-0.05, 0) is 12.8 Å². The van der Waals surface area contributed by atoms with E-state index in [1.807, 2.05) is 0 Å². The van der Waals surface area contributed by atoms with Gasteiger partial charge in [-0.3, -0.25) is 9.36 Å². The number of phosphoric acid groups is 1. The molecule has 0 aromatic rings. The van der Waals surface area contributed by atoms with Crippen molar-refractivity contribution in [2.45, 2.75) is 231 Å². The topological polar surface area (TPSA) is 125 Å². The van der Waals surface area contributed by atoms with Gasteiger partial charge < -0.3 is 28.9 Å². The van der Waals surface area contributed by atoms with Gasteiger partial charge in [0.15, 0.2) is 5.12 Å². The molecule has 0 saturated heterocycles. The van der Waals surface area contributed by atoms with Crippen molar-refractivity contribution in [1.82, 2.24) is 0 Å². The van der Waals surface area contributed by atoms with Gasteiger partial charge in [0.25, 0.3) is 7.82 Å². The van der Waals surface area contributed by atoms with Crippen LogP contribution in [0, 0.1) is 0 Å². The van der Waals surface area contributed by atoms with Crippen molar-refractivity contribution in [1.29, 1.82) is 0 Å². The van der Waals surface area contributed by atoms with Crippen molar-refractivity contribution in [3.63, 3.8) is 0 Å². The summed E-state index contributed by atoms with van der Waals surface area (Å²) < 4.78 is 27.7. The molecule has 0 aliphatic rings. The van der Waals surface area contributed by atoms with Gasteiger partial charge in [-0.15, -0.1) is 0 Å². The summed E-state index contributed by atoms with van der Waals surface area (Å²) in [5.74, 6) is 0. The first kappa shape index (κ1) is 56.1. The number of aliphatic hydroxyl groups is 2. The van der Waals surface area contributed by atoms with Gasteiger partial charge in [0.05, 0.1) is 31.7 Å². The summed E-state index contributed by atoms with van der Waals surface area (Å²) in [6.07, 6.45) is 39.1. The zero-order chi connectivity index (χ0) is 38.2. The quantitative estimate of drug-likeness (QED) is 0.0353. The van der Waals surface area contributed by atoms with Crippen LogP contribution in [-0.4, -0.2) is 59.7 Å². The molecule has 0 aromatic heterocycles. The molecule has 0 saturated carbocycles. The van der Waals surface area contributed by atoms with E-state index in [1.165, 1.54) is 167 Å². The third-order valence-corrected chi connectivity index (χ3v) is 11.8. The second-order valence-corrected chi connectivity index (χ2v) is 17.8. The normalized spacial score (nSPS) is 13.8. The molecule has 0 aliphatic carbocycles. The number of thioether (sulfide) groups is 1. The third kappa shape index (κ3) is 44.0. The molecular weight excluding hydrogens is 718 g/mol. The minimum Gasteiger partial charge on any atom is -0.756 e. The molecule has 3 atom stereocenters. The summed E-state index contributed by atoms with van der Waals surface area (Å²) >= 11 is 1.10. The van der Waals surface area contributed by atoms with Gasteiger partial charge in [0, 0.05) is 13.0 Å². The first-order valence-corrected chi connectivity index (χ1v) is 24.3. The number of hydrogen-bond donors (Lipinski definition) is 2. The van der Waals surface area contributed by atoms with Crippen LogP contribution in [0.15, 0.2) is 0 Å². The van der Waals surface area contributed by atoms with Crippen molar-refractivity contribution in [3.8, 4) is 0 Å². The fraction of sp³-hybridized carbons (Fsp3) is 0.976. The van der Waals surface area contributed by atoms with Crippen LogP contribution in [0.4, 0.5) is 0 Å². The molecule has 0 aromatic carbocycles. The number of carbonyl (C=O) groups excluding carboxylic acids is 1. The molecule has 8 nitrogen and oxygen atoms in total. The summed E-state index contributed by atoms with van der Waals surface area (Å²) in [6.45, 7) is 3.88. The van der Waals surface area contributed by atoms with E-state index < -0.39 is 32.4 Å². The number of carbonyl (C=O) groups is 1. The largest absolute Gasteiger partial charge is 1.00 e. The maximum atomic E-state index is 12.8. The molecule has 1 unspecified atom stereocenters. The number of ether oxygens (including phenoxy) is 1. The van der Waals surface area contributed by atoms with E-state index in [9.17, 15) is 19.4 Å². The average Bonchev–Trinajstić information content (AvgIpc) is 3.13. The number of unbranched alkanes of at least 4 members (excludes halogenated alkanes) is 29. The Morgan fingerprint density at radius 1 is 0.566 bits per heavy atom. The van der Waals surface area contributed by atoms with Crippen LogP contribution in [-0.2, 0) is 23.1 Å². The molecule has 0 amide bonds. The zero-order valence-corrected chi connectivity index (χ0v) is 38.7. The molecule has 0 heterocycles. The van der Waals surface area contributed by atoms with Crippen LogP contribution >= 0.6 is 19.6 Å². The zero-order valence-electron chi connectivity index (χ0n) is 35.0. The summed E-state index contributed by atoms with van der Waals surface area (Å²) in [5.41, 5.74) is 0. The van der Waals surface area contributed by atoms with E-state index in [-0.39, 0.29) is 47.9 Å². The summed E-state index contributed by atoms with van der Waals surface area (Å²) in [4.78, 5) is 24.9. The maximum absolute atomic E-state index is 12.8. The van der Waals surface area contributed by atoms with Gasteiger partial charge in [-0.25, -0.2) is 0 Å². The van der Waals surface area contributed by atoms with Crippen molar-refractivity contribution in [2.24, 2.45) is 0 Å². The summed E-state index contributed by atoms with van der Waals surface area (Å²) in [7, 11) is -4.69. The van der Waals surface area contributed by atoms with Gasteiger partial charge >= 0.3 is 29.6 Å². The molecule has 0 rings (SSSR count). The Balaban J connectivity index is 0. The number of hydrogen-bond acceptors (Lipinski definition) is 9. The first-order chi connectivity index (χ1) is 25.3. The van der Waals surface area contributed by atoms with Crippen LogP contribution in [0.25, 0.3) is 0 Å². The predicted octanol–water partition coefficient (Wildman–Crippen LogP) is 9.01. The van der Waals surface area contributed by atoms with Crippen LogP contribution in [0.1, 0.15) is 219 Å². The van der Waals surface area contributed by atoms with Crippen LogP contribution in [0.5, 0.6) is 0 Å².